The van der Waals surface area contributed by atoms with Crippen LogP contribution in [0.3, 0.4) is 0 Å². The van der Waals surface area contributed by atoms with E-state index in [1.807, 2.05) is 18.2 Å². The van der Waals surface area contributed by atoms with Gasteiger partial charge >= 0.3 is 0 Å². The number of nitrogens with zero attached hydrogens (tertiary/aromatic N) is 1. The summed E-state index contributed by atoms with van der Waals surface area (Å²) in [5.74, 6) is 0. The molecule has 0 aliphatic rings. The van der Waals surface area contributed by atoms with Gasteiger partial charge in [-0.1, -0.05) is 6.07 Å². The lowest BCUT2D eigenvalue weighted by atomic mass is 10.1. The number of nitrogen functional groups attached to an aromatic ring is 1. The molecule has 0 aliphatic heterocycles. The molecule has 0 unspecified atom stereocenters. The van der Waals surface area contributed by atoms with E-state index < -0.39 is 0 Å². The van der Waals surface area contributed by atoms with Crippen LogP contribution in [0.1, 0.15) is 11.1 Å². The first kappa shape index (κ1) is 9.51. The number of hydrogen-bond acceptors (Lipinski definition) is 2. The van der Waals surface area contributed by atoms with Gasteiger partial charge in [0.2, 0.25) is 0 Å². The third-order valence-corrected chi connectivity index (χ3v) is 1.53. The first-order valence-corrected chi connectivity index (χ1v) is 3.28. The summed E-state index contributed by atoms with van der Waals surface area (Å²) < 4.78 is 0. The molecule has 2 nitrogen and oxygen atoms in total. The van der Waals surface area contributed by atoms with Crippen molar-refractivity contribution in [3.63, 3.8) is 0 Å². The Kier molecular flexibility index (Phi) is 3.76. The third kappa shape index (κ3) is 2.72. The molecule has 0 radical (unpaired) electrons. The number of nitrogens with two attached hydrogens (primary N) is 1. The van der Waals surface area contributed by atoms with Gasteiger partial charge in [-0.2, -0.15) is 0 Å². The van der Waals surface area contributed by atoms with Gasteiger partial charge in [-0.05, 0) is 37.1 Å². The predicted octanol–water partition coefficient (Wildman–Crippen LogP) is 2.03. The van der Waals surface area contributed by atoms with Crippen molar-refractivity contribution < 1.29 is 0 Å². The standard InChI is InChI=1S/C8H11N.CHN/c1-6-3-4-8(9)5-7(6)2;1-2/h3-5H,9H2,1-2H3;1H. The Morgan fingerprint density at radius 3 is 2.09 bits per heavy atom. The molecular weight excluding hydrogens is 136 g/mol. The average Bonchev–Trinajstić information content (AvgIpc) is 2.02. The van der Waals surface area contributed by atoms with Crippen molar-refractivity contribution in [2.45, 2.75) is 13.8 Å². The lowest BCUT2D eigenvalue weighted by Crippen LogP contribution is -1.86. The van der Waals surface area contributed by atoms with Gasteiger partial charge in [-0.25, -0.2) is 5.26 Å². The Bertz CT molecular complexity index is 251. The topological polar surface area (TPSA) is 49.8 Å². The number of aryl methyl sites for hydroxylation is 2. The molecule has 0 saturated carbocycles. The number of rotatable bonds is 0. The highest BCUT2D eigenvalue weighted by Gasteiger charge is 1.89. The molecule has 0 amide bonds. The highest BCUT2D eigenvalue weighted by atomic mass is 14.5. The van der Waals surface area contributed by atoms with Crippen molar-refractivity contribution in [2.75, 3.05) is 5.73 Å². The molecule has 0 spiro atoms. The van der Waals surface area contributed by atoms with Gasteiger partial charge in [0.15, 0.2) is 0 Å². The van der Waals surface area contributed by atoms with Gasteiger partial charge in [0, 0.05) is 12.3 Å². The minimum absolute atomic E-state index is 0.845. The van der Waals surface area contributed by atoms with Gasteiger partial charge < -0.3 is 5.73 Å². The second kappa shape index (κ2) is 4.35. The van der Waals surface area contributed by atoms with E-state index in [1.54, 1.807) is 0 Å². The third-order valence-electron chi connectivity index (χ3n) is 1.53. The van der Waals surface area contributed by atoms with E-state index in [1.165, 1.54) is 11.1 Å². The summed E-state index contributed by atoms with van der Waals surface area (Å²) in [6.45, 7) is 7.64. The van der Waals surface area contributed by atoms with Crippen LogP contribution in [0.5, 0.6) is 0 Å². The molecule has 0 aliphatic carbocycles. The molecule has 2 heteroatoms. The van der Waals surface area contributed by atoms with Crippen LogP contribution in [0.2, 0.25) is 0 Å². The fourth-order valence-corrected chi connectivity index (χ4v) is 0.765. The van der Waals surface area contributed by atoms with Crippen molar-refractivity contribution >= 4 is 5.69 Å². The molecule has 0 saturated heterocycles. The summed E-state index contributed by atoms with van der Waals surface area (Å²) in [7, 11) is 0. The normalized spacial score (nSPS) is 8.00. The Morgan fingerprint density at radius 1 is 1.18 bits per heavy atom. The molecule has 0 fully saturated rings. The first-order chi connectivity index (χ1) is 5.20. The van der Waals surface area contributed by atoms with E-state index in [9.17, 15) is 0 Å². The van der Waals surface area contributed by atoms with E-state index in [2.05, 4.69) is 20.4 Å². The summed E-state index contributed by atoms with van der Waals surface area (Å²) in [5, 5.41) is 6.50. The van der Waals surface area contributed by atoms with Crippen LogP contribution in [-0.2, 0) is 0 Å². The molecule has 2 N–H and O–H groups in total. The molecule has 0 atom stereocenters. The number of anilines is 1. The van der Waals surface area contributed by atoms with Crippen molar-refractivity contribution in [3.8, 4) is 6.57 Å². The molecule has 11 heavy (non-hydrogen) atoms. The van der Waals surface area contributed by atoms with Gasteiger partial charge in [0.1, 0.15) is 0 Å². The Hall–Kier alpha value is -1.49. The second-order valence-electron chi connectivity index (χ2n) is 2.34. The highest BCUT2D eigenvalue weighted by Crippen LogP contribution is 2.09. The molecule has 1 aromatic rings. The number of nitriles is 1. The van der Waals surface area contributed by atoms with E-state index in [0.717, 1.165) is 5.69 Å². The van der Waals surface area contributed by atoms with Gasteiger partial charge in [-0.15, -0.1) is 0 Å². The Balaban J connectivity index is 0.000000461. The van der Waals surface area contributed by atoms with E-state index in [4.69, 9.17) is 11.0 Å². The molecule has 0 heterocycles. The number of benzene rings is 1. The molecule has 0 bridgehead atoms. The van der Waals surface area contributed by atoms with Crippen molar-refractivity contribution in [2.24, 2.45) is 0 Å². The fourth-order valence-electron chi connectivity index (χ4n) is 0.765. The van der Waals surface area contributed by atoms with Crippen LogP contribution in [0.4, 0.5) is 5.69 Å². The average molecular weight is 148 g/mol. The quantitative estimate of drug-likeness (QED) is 0.572. The van der Waals surface area contributed by atoms with Crippen LogP contribution in [0, 0.1) is 25.7 Å². The van der Waals surface area contributed by atoms with E-state index >= 15 is 0 Å². The Morgan fingerprint density at radius 2 is 1.73 bits per heavy atom. The summed E-state index contributed by atoms with van der Waals surface area (Å²) in [5.41, 5.74) is 8.93. The van der Waals surface area contributed by atoms with Gasteiger partial charge in [-0.3, -0.25) is 0 Å². The van der Waals surface area contributed by atoms with Crippen molar-refractivity contribution in [1.29, 1.82) is 5.26 Å². The number of hydrogen-bond donors (Lipinski definition) is 1. The van der Waals surface area contributed by atoms with Crippen molar-refractivity contribution in [3.05, 3.63) is 29.3 Å². The summed E-state index contributed by atoms with van der Waals surface area (Å²) in [6.07, 6.45) is 0. The highest BCUT2D eigenvalue weighted by molar-refractivity contribution is 5.43. The maximum Gasteiger partial charge on any atom is 0.0462 e. The molecule has 1 rings (SSSR count). The van der Waals surface area contributed by atoms with Gasteiger partial charge in [0.25, 0.3) is 0 Å². The fraction of sp³-hybridized carbons (Fsp3) is 0.222. The van der Waals surface area contributed by atoms with Crippen LogP contribution < -0.4 is 5.73 Å². The second-order valence-corrected chi connectivity index (χ2v) is 2.34. The maximum atomic E-state index is 6.50. The zero-order valence-corrected chi connectivity index (χ0v) is 6.83. The Labute approximate surface area is 67.3 Å². The monoisotopic (exact) mass is 148 g/mol. The molecule has 1 aromatic carbocycles. The predicted molar refractivity (Wildman–Crippen MR) is 47.0 cm³/mol. The summed E-state index contributed by atoms with van der Waals surface area (Å²) in [6, 6.07) is 5.93. The summed E-state index contributed by atoms with van der Waals surface area (Å²) in [4.78, 5) is 0. The van der Waals surface area contributed by atoms with Crippen LogP contribution >= 0.6 is 0 Å². The lowest BCUT2D eigenvalue weighted by Gasteiger charge is -1.98. The molecule has 58 valence electrons. The zero-order valence-electron chi connectivity index (χ0n) is 6.83. The van der Waals surface area contributed by atoms with Crippen LogP contribution in [0.15, 0.2) is 18.2 Å². The van der Waals surface area contributed by atoms with E-state index in [-0.39, 0.29) is 0 Å². The van der Waals surface area contributed by atoms with Crippen LogP contribution in [0.25, 0.3) is 0 Å². The van der Waals surface area contributed by atoms with Gasteiger partial charge in [0.05, 0.1) is 0 Å². The summed E-state index contributed by atoms with van der Waals surface area (Å²) >= 11 is 0. The minimum atomic E-state index is 0.845. The SMILES string of the molecule is C#N.Cc1ccc(N)cc1C. The molecule has 0 aromatic heterocycles. The lowest BCUT2D eigenvalue weighted by molar-refractivity contribution is 1.34. The zero-order chi connectivity index (χ0) is 8.85. The van der Waals surface area contributed by atoms with Crippen molar-refractivity contribution in [1.82, 2.24) is 0 Å². The first-order valence-electron chi connectivity index (χ1n) is 3.28. The van der Waals surface area contributed by atoms with E-state index in [0.29, 0.717) is 0 Å². The van der Waals surface area contributed by atoms with Crippen LogP contribution in [-0.4, -0.2) is 0 Å². The smallest absolute Gasteiger partial charge is 0.0462 e. The minimum Gasteiger partial charge on any atom is -0.399 e. The molecular formula is C9H12N2. The maximum absolute atomic E-state index is 6.50. The largest absolute Gasteiger partial charge is 0.399 e.